The van der Waals surface area contributed by atoms with Crippen LogP contribution < -0.4 is 5.43 Å². The van der Waals surface area contributed by atoms with Crippen LogP contribution in [0.1, 0.15) is 19.4 Å². The number of nitrogens with zero attached hydrogens (tertiary/aromatic N) is 2. The molecule has 0 unspecified atom stereocenters. The Labute approximate surface area is 87.2 Å². The molecule has 0 spiro atoms. The molecule has 1 N–H and O–H groups in total. The van der Waals surface area contributed by atoms with Crippen LogP contribution in [0.5, 0.6) is 0 Å². The number of hydrogen-bond donors (Lipinski definition) is 1. The van der Waals surface area contributed by atoms with Crippen LogP contribution in [0.4, 0.5) is 4.79 Å². The zero-order chi connectivity index (χ0) is 10.9. The van der Waals surface area contributed by atoms with Gasteiger partial charge in [0.25, 0.3) is 0 Å². The molecular weight excluding hydrogens is 194 g/mol. The van der Waals surface area contributed by atoms with Crippen LogP contribution in [-0.2, 0) is 10.3 Å². The van der Waals surface area contributed by atoms with Crippen molar-refractivity contribution < 1.29 is 9.53 Å². The van der Waals surface area contributed by atoms with Crippen LogP contribution in [0.25, 0.3) is 0 Å². The second-order valence-electron chi connectivity index (χ2n) is 3.47. The number of aromatic nitrogens is 1. The normalized spacial score (nSPS) is 25.2. The molecule has 0 saturated carbocycles. The summed E-state index contributed by atoms with van der Waals surface area (Å²) in [4.78, 5) is 15.1. The molecule has 0 fully saturated rings. The molecule has 5 nitrogen and oxygen atoms in total. The van der Waals surface area contributed by atoms with E-state index >= 15 is 0 Å². The van der Waals surface area contributed by atoms with E-state index in [4.69, 9.17) is 4.74 Å². The zero-order valence-corrected chi connectivity index (χ0v) is 8.52. The lowest BCUT2D eigenvalue weighted by Gasteiger charge is -2.32. The standard InChI is InChI=1S/C10H11N3O2/c1-7-10(2,15-9(14)13-12-7)8-4-3-5-11-6-8/h3-6H,1-2H3,(H,13,14)/t10-/m1/s1. The van der Waals surface area contributed by atoms with E-state index in [-0.39, 0.29) is 0 Å². The number of amides is 1. The van der Waals surface area contributed by atoms with Gasteiger partial charge in [0.05, 0.1) is 5.71 Å². The topological polar surface area (TPSA) is 63.6 Å². The highest BCUT2D eigenvalue weighted by Crippen LogP contribution is 2.28. The Hall–Kier alpha value is -1.91. The molecule has 0 aromatic carbocycles. The highest BCUT2D eigenvalue weighted by Gasteiger charge is 2.37. The maximum atomic E-state index is 11.1. The van der Waals surface area contributed by atoms with Gasteiger partial charge in [-0.05, 0) is 19.9 Å². The van der Waals surface area contributed by atoms with Crippen molar-refractivity contribution in [2.75, 3.05) is 0 Å². The van der Waals surface area contributed by atoms with Gasteiger partial charge in [0.2, 0.25) is 0 Å². The number of cyclic esters (lactones) is 1. The molecule has 1 amide bonds. The van der Waals surface area contributed by atoms with Crippen molar-refractivity contribution in [1.29, 1.82) is 0 Å². The average Bonchev–Trinajstić information content (AvgIpc) is 2.25. The van der Waals surface area contributed by atoms with Gasteiger partial charge in [0.15, 0.2) is 5.60 Å². The Bertz CT molecular complexity index is 416. The van der Waals surface area contributed by atoms with Crippen molar-refractivity contribution in [2.45, 2.75) is 19.4 Å². The smallest absolute Gasteiger partial charge is 0.429 e. The molecule has 0 radical (unpaired) electrons. The summed E-state index contributed by atoms with van der Waals surface area (Å²) in [5.74, 6) is 0. The number of nitrogens with one attached hydrogen (secondary N) is 1. The van der Waals surface area contributed by atoms with E-state index < -0.39 is 11.7 Å². The molecule has 2 rings (SSSR count). The molecule has 2 heterocycles. The van der Waals surface area contributed by atoms with E-state index in [1.165, 1.54) is 0 Å². The Morgan fingerprint density at radius 1 is 1.53 bits per heavy atom. The number of hydrazone groups is 1. The van der Waals surface area contributed by atoms with Gasteiger partial charge in [-0.15, -0.1) is 0 Å². The first kappa shape index (κ1) is 9.64. The van der Waals surface area contributed by atoms with Crippen LogP contribution in [0, 0.1) is 0 Å². The minimum Gasteiger partial charge on any atom is -0.431 e. The Morgan fingerprint density at radius 2 is 2.33 bits per heavy atom. The summed E-state index contributed by atoms with van der Waals surface area (Å²) in [5, 5.41) is 3.90. The first-order valence-corrected chi connectivity index (χ1v) is 4.57. The van der Waals surface area contributed by atoms with Crippen molar-refractivity contribution in [2.24, 2.45) is 5.10 Å². The number of carbonyl (C=O) groups is 1. The second-order valence-corrected chi connectivity index (χ2v) is 3.47. The average molecular weight is 205 g/mol. The van der Waals surface area contributed by atoms with Gasteiger partial charge in [0.1, 0.15) is 0 Å². The molecule has 0 aliphatic carbocycles. The highest BCUT2D eigenvalue weighted by molar-refractivity contribution is 5.95. The fraction of sp³-hybridized carbons (Fsp3) is 0.300. The minimum absolute atomic E-state index is 0.549. The van der Waals surface area contributed by atoms with Gasteiger partial charge < -0.3 is 4.74 Å². The monoisotopic (exact) mass is 205 g/mol. The lowest BCUT2D eigenvalue weighted by Crippen LogP contribution is -2.44. The van der Waals surface area contributed by atoms with Crippen LogP contribution in [-0.4, -0.2) is 16.8 Å². The molecule has 78 valence electrons. The zero-order valence-electron chi connectivity index (χ0n) is 8.52. The number of ether oxygens (including phenoxy) is 1. The van der Waals surface area contributed by atoms with Gasteiger partial charge in [-0.2, -0.15) is 5.10 Å². The van der Waals surface area contributed by atoms with Crippen molar-refractivity contribution in [3.63, 3.8) is 0 Å². The molecule has 1 aliphatic rings. The third-order valence-corrected chi connectivity index (χ3v) is 2.51. The maximum Gasteiger partial charge on any atom is 0.429 e. The largest absolute Gasteiger partial charge is 0.431 e. The summed E-state index contributed by atoms with van der Waals surface area (Å²) in [5.41, 5.74) is 2.94. The van der Waals surface area contributed by atoms with Crippen LogP contribution in [0.3, 0.4) is 0 Å². The summed E-state index contributed by atoms with van der Waals surface area (Å²) in [7, 11) is 0. The number of pyridine rings is 1. The van der Waals surface area contributed by atoms with Crippen molar-refractivity contribution >= 4 is 11.8 Å². The predicted octanol–water partition coefficient (Wildman–Crippen LogP) is 1.41. The lowest BCUT2D eigenvalue weighted by molar-refractivity contribution is 0.0624. The fourth-order valence-corrected chi connectivity index (χ4v) is 1.43. The van der Waals surface area contributed by atoms with Crippen molar-refractivity contribution in [3.05, 3.63) is 30.1 Å². The van der Waals surface area contributed by atoms with Gasteiger partial charge in [-0.1, -0.05) is 6.07 Å². The van der Waals surface area contributed by atoms with Crippen molar-refractivity contribution in [3.8, 4) is 0 Å². The summed E-state index contributed by atoms with van der Waals surface area (Å²) in [6.45, 7) is 3.59. The van der Waals surface area contributed by atoms with Crippen LogP contribution in [0.15, 0.2) is 29.6 Å². The molecule has 1 aliphatic heterocycles. The number of rotatable bonds is 1. The van der Waals surface area contributed by atoms with Gasteiger partial charge in [-0.25, -0.2) is 10.2 Å². The third-order valence-electron chi connectivity index (χ3n) is 2.51. The molecule has 5 heteroatoms. The molecule has 15 heavy (non-hydrogen) atoms. The fourth-order valence-electron chi connectivity index (χ4n) is 1.43. The Kier molecular flexibility index (Phi) is 2.15. The lowest BCUT2D eigenvalue weighted by atomic mass is 9.92. The van der Waals surface area contributed by atoms with E-state index in [2.05, 4.69) is 15.5 Å². The van der Waals surface area contributed by atoms with Gasteiger partial charge in [-0.3, -0.25) is 4.98 Å². The van der Waals surface area contributed by atoms with Gasteiger partial charge in [0, 0.05) is 18.0 Å². The Morgan fingerprint density at radius 3 is 3.00 bits per heavy atom. The van der Waals surface area contributed by atoms with E-state index in [9.17, 15) is 4.79 Å². The molecule has 1 atom stereocenters. The maximum absolute atomic E-state index is 11.1. The summed E-state index contributed by atoms with van der Waals surface area (Å²) in [6, 6.07) is 3.65. The van der Waals surface area contributed by atoms with E-state index in [0.29, 0.717) is 5.71 Å². The first-order chi connectivity index (χ1) is 7.13. The van der Waals surface area contributed by atoms with Crippen molar-refractivity contribution in [1.82, 2.24) is 10.4 Å². The number of carbonyl (C=O) groups excluding carboxylic acids is 1. The highest BCUT2D eigenvalue weighted by atomic mass is 16.6. The molecule has 0 saturated heterocycles. The number of hydrogen-bond acceptors (Lipinski definition) is 4. The van der Waals surface area contributed by atoms with Crippen LogP contribution in [0.2, 0.25) is 0 Å². The molecule has 1 aromatic heterocycles. The first-order valence-electron chi connectivity index (χ1n) is 4.57. The predicted molar refractivity (Wildman–Crippen MR) is 54.3 cm³/mol. The minimum atomic E-state index is -0.823. The summed E-state index contributed by atoms with van der Waals surface area (Å²) in [6.07, 6.45) is 2.78. The van der Waals surface area contributed by atoms with Gasteiger partial charge >= 0.3 is 6.09 Å². The molecule has 0 bridgehead atoms. The van der Waals surface area contributed by atoms with E-state index in [1.54, 1.807) is 32.3 Å². The SMILES string of the molecule is CC1=NNC(=O)O[C@@]1(C)c1cccnc1. The Balaban J connectivity index is 2.46. The van der Waals surface area contributed by atoms with Crippen LogP contribution >= 0.6 is 0 Å². The third kappa shape index (κ3) is 1.56. The van der Waals surface area contributed by atoms with E-state index in [0.717, 1.165) is 5.56 Å². The van der Waals surface area contributed by atoms with E-state index in [1.807, 2.05) is 6.07 Å². The molecule has 1 aromatic rings. The quantitative estimate of drug-likeness (QED) is 0.753. The second kappa shape index (κ2) is 3.34. The summed E-state index contributed by atoms with van der Waals surface area (Å²) >= 11 is 0. The molecular formula is C10H11N3O2. The summed E-state index contributed by atoms with van der Waals surface area (Å²) < 4.78 is 5.25.